The molecular weight excluding hydrogens is 506 g/mol. The number of nitrogens with one attached hydrogen (secondary N) is 1. The summed E-state index contributed by atoms with van der Waals surface area (Å²) >= 11 is 12.7. The zero-order chi connectivity index (χ0) is 19.9. The van der Waals surface area contributed by atoms with Gasteiger partial charge in [0.1, 0.15) is 11.6 Å². The van der Waals surface area contributed by atoms with Crippen LogP contribution >= 0.6 is 43.5 Å². The first-order valence-corrected chi connectivity index (χ1v) is 9.76. The van der Waals surface area contributed by atoms with Gasteiger partial charge in [-0.05, 0) is 64.8 Å². The Kier molecular flexibility index (Phi) is 5.73. The molecule has 10 heteroatoms. The van der Waals surface area contributed by atoms with Crippen LogP contribution in [0, 0.1) is 26.6 Å². The van der Waals surface area contributed by atoms with Crippen LogP contribution in [0.15, 0.2) is 25.6 Å². The lowest BCUT2D eigenvalue weighted by Gasteiger charge is -2.10. The van der Waals surface area contributed by atoms with Gasteiger partial charge in [0.2, 0.25) is 0 Å². The molecule has 142 valence electrons. The molecule has 0 bridgehead atoms. The smallest absolute Gasteiger partial charge is 0.278 e. The van der Waals surface area contributed by atoms with Crippen LogP contribution in [0.4, 0.5) is 10.1 Å². The van der Waals surface area contributed by atoms with Gasteiger partial charge in [-0.3, -0.25) is 9.48 Å². The lowest BCUT2D eigenvalue weighted by atomic mass is 10.1. The van der Waals surface area contributed by atoms with Crippen LogP contribution in [0.3, 0.4) is 0 Å². The lowest BCUT2D eigenvalue weighted by Crippen LogP contribution is -2.17. The molecule has 0 spiro atoms. The van der Waals surface area contributed by atoms with Gasteiger partial charge >= 0.3 is 0 Å². The van der Waals surface area contributed by atoms with E-state index in [1.165, 1.54) is 12.1 Å². The van der Waals surface area contributed by atoms with Gasteiger partial charge in [0.05, 0.1) is 28.6 Å². The molecule has 0 radical (unpaired) electrons. The average Bonchev–Trinajstić information content (AvgIpc) is 3.07. The fourth-order valence-corrected chi connectivity index (χ4v) is 4.03. The first-order chi connectivity index (χ1) is 12.7. The van der Waals surface area contributed by atoms with Crippen molar-refractivity contribution in [3.8, 4) is 0 Å². The van der Waals surface area contributed by atoms with Crippen LogP contribution in [0.5, 0.6) is 0 Å². The molecule has 0 saturated heterocycles. The van der Waals surface area contributed by atoms with Crippen molar-refractivity contribution in [2.45, 2.75) is 27.3 Å². The molecule has 1 aromatic carbocycles. The average molecular weight is 521 g/mol. The highest BCUT2D eigenvalue weighted by molar-refractivity contribution is 9.11. The monoisotopic (exact) mass is 518 g/mol. The van der Waals surface area contributed by atoms with E-state index in [-0.39, 0.29) is 12.2 Å². The summed E-state index contributed by atoms with van der Waals surface area (Å²) in [5.41, 5.74) is 2.59. The summed E-state index contributed by atoms with van der Waals surface area (Å²) in [5, 5.41) is 11.5. The van der Waals surface area contributed by atoms with Gasteiger partial charge in [0, 0.05) is 14.5 Å². The van der Waals surface area contributed by atoms with Gasteiger partial charge in [-0.1, -0.05) is 16.8 Å². The first kappa shape index (κ1) is 20.0. The van der Waals surface area contributed by atoms with Crippen molar-refractivity contribution in [1.82, 2.24) is 14.9 Å². The third-order valence-corrected chi connectivity index (χ3v) is 5.84. The molecule has 0 unspecified atom stereocenters. The number of halogens is 4. The molecule has 0 aliphatic carbocycles. The number of amides is 1. The van der Waals surface area contributed by atoms with E-state index in [2.05, 4.69) is 47.4 Å². The highest BCUT2D eigenvalue weighted by Gasteiger charge is 2.23. The Labute approximate surface area is 176 Å². The van der Waals surface area contributed by atoms with Crippen molar-refractivity contribution in [2.24, 2.45) is 0 Å². The van der Waals surface area contributed by atoms with Crippen LogP contribution in [-0.4, -0.2) is 20.8 Å². The van der Waals surface area contributed by atoms with Crippen molar-refractivity contribution in [3.63, 3.8) is 0 Å². The molecule has 1 amide bonds. The predicted molar refractivity (Wildman–Crippen MR) is 107 cm³/mol. The van der Waals surface area contributed by atoms with E-state index in [0.717, 1.165) is 5.69 Å². The number of aryl methyl sites for hydroxylation is 2. The molecule has 27 heavy (non-hydrogen) atoms. The van der Waals surface area contributed by atoms with Crippen LogP contribution in [0.25, 0.3) is 0 Å². The molecule has 6 nitrogen and oxygen atoms in total. The summed E-state index contributed by atoms with van der Waals surface area (Å²) in [6, 6.07) is 2.51. The fourth-order valence-electron chi connectivity index (χ4n) is 2.57. The summed E-state index contributed by atoms with van der Waals surface area (Å²) in [6.07, 6.45) is 0. The molecule has 0 aliphatic heterocycles. The number of anilines is 1. The fraction of sp³-hybridized carbons (Fsp3) is 0.235. The van der Waals surface area contributed by atoms with Gasteiger partial charge in [-0.15, -0.1) is 0 Å². The Morgan fingerprint density at radius 1 is 1.30 bits per heavy atom. The number of benzene rings is 1. The second kappa shape index (κ2) is 7.73. The minimum absolute atomic E-state index is 0.124. The molecule has 2 heterocycles. The largest absolute Gasteiger partial charge is 0.361 e. The van der Waals surface area contributed by atoms with Crippen molar-refractivity contribution < 1.29 is 13.7 Å². The van der Waals surface area contributed by atoms with Gasteiger partial charge in [0.15, 0.2) is 5.69 Å². The number of hydrogen-bond donors (Lipinski definition) is 1. The second-order valence-electron chi connectivity index (χ2n) is 5.91. The van der Waals surface area contributed by atoms with Crippen molar-refractivity contribution in [3.05, 3.63) is 60.3 Å². The maximum absolute atomic E-state index is 13.4. The molecule has 3 rings (SSSR count). The molecule has 3 aromatic rings. The van der Waals surface area contributed by atoms with Crippen LogP contribution in [0.1, 0.15) is 33.2 Å². The molecule has 0 aliphatic rings. The van der Waals surface area contributed by atoms with Crippen LogP contribution < -0.4 is 5.32 Å². The standard InChI is InChI=1S/C17H14Br2ClFN4O2/c1-7-14(20)8(2)25(23-7)6-11-9(3)27-24-15(11)17(26)22-16-12(18)4-10(21)5-13(16)19/h4-5H,6H2,1-3H3,(H,22,26). The molecule has 0 atom stereocenters. The van der Waals surface area contributed by atoms with Crippen molar-refractivity contribution >= 4 is 55.1 Å². The zero-order valence-corrected chi connectivity index (χ0v) is 18.5. The molecular formula is C17H14Br2ClFN4O2. The third-order valence-electron chi connectivity index (χ3n) is 4.05. The van der Waals surface area contributed by atoms with E-state index < -0.39 is 11.7 Å². The maximum atomic E-state index is 13.4. The molecule has 2 aromatic heterocycles. The lowest BCUT2D eigenvalue weighted by molar-refractivity contribution is 0.101. The van der Waals surface area contributed by atoms with E-state index in [4.69, 9.17) is 16.1 Å². The number of rotatable bonds is 4. The summed E-state index contributed by atoms with van der Waals surface area (Å²) in [5.74, 6) is -0.422. The Morgan fingerprint density at radius 3 is 2.48 bits per heavy atom. The Balaban J connectivity index is 1.92. The van der Waals surface area contributed by atoms with E-state index in [9.17, 15) is 9.18 Å². The maximum Gasteiger partial charge on any atom is 0.278 e. The Bertz CT molecular complexity index is 1020. The summed E-state index contributed by atoms with van der Waals surface area (Å²) in [6.45, 7) is 5.65. The zero-order valence-electron chi connectivity index (χ0n) is 14.5. The number of carbonyl (C=O) groups is 1. The number of aromatic nitrogens is 3. The predicted octanol–water partition coefficient (Wildman–Crippen LogP) is 5.41. The highest BCUT2D eigenvalue weighted by atomic mass is 79.9. The van der Waals surface area contributed by atoms with Crippen molar-refractivity contribution in [1.29, 1.82) is 0 Å². The van der Waals surface area contributed by atoms with Gasteiger partial charge in [0.25, 0.3) is 5.91 Å². The Hall–Kier alpha value is -1.71. The van der Waals surface area contributed by atoms with E-state index >= 15 is 0 Å². The third kappa shape index (κ3) is 3.95. The molecule has 1 N–H and O–H groups in total. The van der Waals surface area contributed by atoms with E-state index in [0.29, 0.717) is 36.7 Å². The molecule has 0 fully saturated rings. The quantitative estimate of drug-likeness (QED) is 0.499. The minimum Gasteiger partial charge on any atom is -0.361 e. The molecule has 0 saturated carbocycles. The van der Waals surface area contributed by atoms with Gasteiger partial charge in [-0.2, -0.15) is 5.10 Å². The normalized spacial score (nSPS) is 11.1. The van der Waals surface area contributed by atoms with Gasteiger partial charge in [-0.25, -0.2) is 4.39 Å². The summed E-state index contributed by atoms with van der Waals surface area (Å²) in [7, 11) is 0. The topological polar surface area (TPSA) is 73.0 Å². The summed E-state index contributed by atoms with van der Waals surface area (Å²) < 4.78 is 21.1. The minimum atomic E-state index is -0.484. The van der Waals surface area contributed by atoms with Crippen LogP contribution in [-0.2, 0) is 6.54 Å². The summed E-state index contributed by atoms with van der Waals surface area (Å²) in [4.78, 5) is 12.8. The van der Waals surface area contributed by atoms with Crippen molar-refractivity contribution in [2.75, 3.05) is 5.32 Å². The first-order valence-electron chi connectivity index (χ1n) is 7.79. The van der Waals surface area contributed by atoms with E-state index in [1.807, 2.05) is 13.8 Å². The van der Waals surface area contributed by atoms with Gasteiger partial charge < -0.3 is 9.84 Å². The Morgan fingerprint density at radius 2 is 1.93 bits per heavy atom. The number of hydrogen-bond acceptors (Lipinski definition) is 4. The second-order valence-corrected chi connectivity index (χ2v) is 7.99. The van der Waals surface area contributed by atoms with Crippen LogP contribution in [0.2, 0.25) is 5.02 Å². The number of carbonyl (C=O) groups excluding carboxylic acids is 1. The number of nitrogens with zero attached hydrogens (tertiary/aromatic N) is 3. The van der Waals surface area contributed by atoms with E-state index in [1.54, 1.807) is 11.6 Å². The highest BCUT2D eigenvalue weighted by Crippen LogP contribution is 2.32. The SMILES string of the molecule is Cc1nn(Cc2c(C(=O)Nc3c(Br)cc(F)cc3Br)noc2C)c(C)c1Cl.